The SMILES string of the molecule is Cn1[nH]c(=O)cc1C1CCCCC1N. The number of nitrogens with two attached hydrogens (primary N) is 1. The number of aromatic nitrogens is 2. The Labute approximate surface area is 83.1 Å². The zero-order chi connectivity index (χ0) is 10.1. The van der Waals surface area contributed by atoms with Gasteiger partial charge in [0.1, 0.15) is 0 Å². The lowest BCUT2D eigenvalue weighted by atomic mass is 9.83. The molecule has 0 amide bonds. The zero-order valence-electron chi connectivity index (χ0n) is 8.49. The summed E-state index contributed by atoms with van der Waals surface area (Å²) in [7, 11) is 1.87. The summed E-state index contributed by atoms with van der Waals surface area (Å²) in [6, 6.07) is 1.89. The van der Waals surface area contributed by atoms with Crippen molar-refractivity contribution in [1.29, 1.82) is 0 Å². The maximum Gasteiger partial charge on any atom is 0.264 e. The van der Waals surface area contributed by atoms with Crippen LogP contribution in [0.3, 0.4) is 0 Å². The number of aryl methyl sites for hydroxylation is 1. The Morgan fingerprint density at radius 3 is 2.79 bits per heavy atom. The van der Waals surface area contributed by atoms with Gasteiger partial charge >= 0.3 is 0 Å². The normalized spacial score (nSPS) is 27.9. The van der Waals surface area contributed by atoms with Crippen molar-refractivity contribution in [3.63, 3.8) is 0 Å². The highest BCUT2D eigenvalue weighted by Crippen LogP contribution is 2.30. The Balaban J connectivity index is 2.28. The molecule has 1 saturated carbocycles. The third kappa shape index (κ3) is 1.62. The first-order chi connectivity index (χ1) is 6.68. The van der Waals surface area contributed by atoms with Crippen molar-refractivity contribution in [1.82, 2.24) is 9.78 Å². The quantitative estimate of drug-likeness (QED) is 0.692. The van der Waals surface area contributed by atoms with Crippen LogP contribution >= 0.6 is 0 Å². The predicted molar refractivity (Wildman–Crippen MR) is 55.2 cm³/mol. The summed E-state index contributed by atoms with van der Waals surface area (Å²) in [6.07, 6.45) is 4.62. The topological polar surface area (TPSA) is 63.8 Å². The van der Waals surface area contributed by atoms with Crippen LogP contribution in [0.15, 0.2) is 10.9 Å². The maximum atomic E-state index is 11.1. The number of aromatic amines is 1. The Morgan fingerprint density at radius 1 is 1.50 bits per heavy atom. The lowest BCUT2D eigenvalue weighted by Gasteiger charge is -2.28. The fourth-order valence-electron chi connectivity index (χ4n) is 2.38. The molecule has 0 aliphatic heterocycles. The van der Waals surface area contributed by atoms with E-state index < -0.39 is 0 Å². The van der Waals surface area contributed by atoms with Gasteiger partial charge in [-0.15, -0.1) is 0 Å². The molecule has 14 heavy (non-hydrogen) atoms. The summed E-state index contributed by atoms with van der Waals surface area (Å²) in [5.41, 5.74) is 7.09. The molecule has 2 rings (SSSR count). The second-order valence-corrected chi connectivity index (χ2v) is 4.16. The second kappa shape index (κ2) is 3.61. The minimum atomic E-state index is -0.0275. The Kier molecular flexibility index (Phi) is 2.46. The van der Waals surface area contributed by atoms with Gasteiger partial charge in [-0.3, -0.25) is 14.6 Å². The smallest absolute Gasteiger partial charge is 0.264 e. The molecule has 1 aliphatic rings. The molecular weight excluding hydrogens is 178 g/mol. The van der Waals surface area contributed by atoms with Crippen LogP contribution in [0, 0.1) is 0 Å². The van der Waals surface area contributed by atoms with Crippen molar-refractivity contribution in [2.45, 2.75) is 37.6 Å². The first kappa shape index (κ1) is 9.52. The van der Waals surface area contributed by atoms with Gasteiger partial charge in [-0.25, -0.2) is 0 Å². The van der Waals surface area contributed by atoms with Crippen molar-refractivity contribution in [3.05, 3.63) is 22.1 Å². The average molecular weight is 195 g/mol. The van der Waals surface area contributed by atoms with Crippen LogP contribution in [0.5, 0.6) is 0 Å². The van der Waals surface area contributed by atoms with Crippen LogP contribution in [0.25, 0.3) is 0 Å². The summed E-state index contributed by atoms with van der Waals surface area (Å²) in [4.78, 5) is 11.1. The minimum Gasteiger partial charge on any atom is -0.327 e. The highest BCUT2D eigenvalue weighted by Gasteiger charge is 2.25. The van der Waals surface area contributed by atoms with Gasteiger partial charge in [-0.2, -0.15) is 0 Å². The van der Waals surface area contributed by atoms with E-state index in [1.54, 1.807) is 10.7 Å². The van der Waals surface area contributed by atoms with E-state index >= 15 is 0 Å². The van der Waals surface area contributed by atoms with E-state index in [1.807, 2.05) is 7.05 Å². The number of H-pyrrole nitrogens is 1. The molecule has 1 aliphatic carbocycles. The first-order valence-electron chi connectivity index (χ1n) is 5.20. The van der Waals surface area contributed by atoms with Gasteiger partial charge in [0, 0.05) is 30.8 Å². The van der Waals surface area contributed by atoms with Gasteiger partial charge in [-0.1, -0.05) is 12.8 Å². The molecule has 1 fully saturated rings. The van der Waals surface area contributed by atoms with Crippen LogP contribution < -0.4 is 11.3 Å². The van der Waals surface area contributed by atoms with E-state index in [2.05, 4.69) is 5.10 Å². The molecule has 2 unspecified atom stereocenters. The number of hydrogen-bond acceptors (Lipinski definition) is 2. The Bertz CT molecular complexity index is 366. The van der Waals surface area contributed by atoms with Crippen LogP contribution in [0.4, 0.5) is 0 Å². The first-order valence-corrected chi connectivity index (χ1v) is 5.20. The van der Waals surface area contributed by atoms with Gasteiger partial charge in [0.05, 0.1) is 0 Å². The third-order valence-corrected chi connectivity index (χ3v) is 3.14. The zero-order valence-corrected chi connectivity index (χ0v) is 8.49. The van der Waals surface area contributed by atoms with E-state index in [4.69, 9.17) is 5.73 Å². The van der Waals surface area contributed by atoms with E-state index in [0.29, 0.717) is 5.92 Å². The van der Waals surface area contributed by atoms with Gasteiger partial charge in [0.2, 0.25) is 0 Å². The summed E-state index contributed by atoms with van der Waals surface area (Å²) in [6.45, 7) is 0. The van der Waals surface area contributed by atoms with Crippen molar-refractivity contribution >= 4 is 0 Å². The Hall–Kier alpha value is -1.03. The highest BCUT2D eigenvalue weighted by molar-refractivity contribution is 5.11. The number of nitrogens with zero attached hydrogens (tertiary/aromatic N) is 1. The molecule has 0 bridgehead atoms. The standard InChI is InChI=1S/C10H17N3O/c1-13-9(6-10(14)12-13)7-4-2-3-5-8(7)11/h6-8H,2-5,11H2,1H3,(H,12,14). The van der Waals surface area contributed by atoms with E-state index in [-0.39, 0.29) is 11.6 Å². The fraction of sp³-hybridized carbons (Fsp3) is 0.700. The molecule has 0 saturated heterocycles. The number of nitrogens with one attached hydrogen (secondary N) is 1. The molecule has 1 aromatic rings. The summed E-state index contributed by atoms with van der Waals surface area (Å²) < 4.78 is 1.80. The summed E-state index contributed by atoms with van der Waals surface area (Å²) in [5.74, 6) is 0.354. The fourth-order valence-corrected chi connectivity index (χ4v) is 2.38. The monoisotopic (exact) mass is 195 g/mol. The van der Waals surface area contributed by atoms with Gasteiger partial charge in [-0.05, 0) is 12.8 Å². The molecule has 1 heterocycles. The Morgan fingerprint density at radius 2 is 2.21 bits per heavy atom. The van der Waals surface area contributed by atoms with Crippen molar-refractivity contribution < 1.29 is 0 Å². The van der Waals surface area contributed by atoms with Crippen LogP contribution in [-0.4, -0.2) is 15.8 Å². The van der Waals surface area contributed by atoms with E-state index in [1.165, 1.54) is 12.8 Å². The minimum absolute atomic E-state index is 0.0275. The molecular formula is C10H17N3O. The molecule has 0 spiro atoms. The molecule has 4 nitrogen and oxygen atoms in total. The van der Waals surface area contributed by atoms with E-state index in [0.717, 1.165) is 18.5 Å². The van der Waals surface area contributed by atoms with Crippen molar-refractivity contribution in [2.75, 3.05) is 0 Å². The molecule has 3 N–H and O–H groups in total. The molecule has 1 aromatic heterocycles. The largest absolute Gasteiger partial charge is 0.327 e. The van der Waals surface area contributed by atoms with Gasteiger partial charge in [0.25, 0.3) is 5.56 Å². The third-order valence-electron chi connectivity index (χ3n) is 3.14. The van der Waals surface area contributed by atoms with Crippen LogP contribution in [0.1, 0.15) is 37.3 Å². The van der Waals surface area contributed by atoms with Gasteiger partial charge < -0.3 is 5.73 Å². The molecule has 2 atom stereocenters. The van der Waals surface area contributed by atoms with E-state index in [9.17, 15) is 4.79 Å². The lowest BCUT2D eigenvalue weighted by molar-refractivity contribution is 0.370. The lowest BCUT2D eigenvalue weighted by Crippen LogP contribution is -2.32. The van der Waals surface area contributed by atoms with Gasteiger partial charge in [0.15, 0.2) is 0 Å². The number of hydrogen-bond donors (Lipinski definition) is 2. The van der Waals surface area contributed by atoms with Crippen LogP contribution in [0.2, 0.25) is 0 Å². The maximum absolute atomic E-state index is 11.1. The second-order valence-electron chi connectivity index (χ2n) is 4.16. The average Bonchev–Trinajstić information content (AvgIpc) is 2.46. The molecule has 4 heteroatoms. The molecule has 78 valence electrons. The molecule has 0 aromatic carbocycles. The highest BCUT2D eigenvalue weighted by atomic mass is 16.1. The molecule has 0 radical (unpaired) electrons. The van der Waals surface area contributed by atoms with Crippen molar-refractivity contribution in [3.8, 4) is 0 Å². The predicted octanol–water partition coefficient (Wildman–Crippen LogP) is 0.698. The number of rotatable bonds is 1. The van der Waals surface area contributed by atoms with Crippen molar-refractivity contribution in [2.24, 2.45) is 12.8 Å². The summed E-state index contributed by atoms with van der Waals surface area (Å²) in [5, 5.41) is 2.73. The van der Waals surface area contributed by atoms with Crippen LogP contribution in [-0.2, 0) is 7.05 Å². The summed E-state index contributed by atoms with van der Waals surface area (Å²) >= 11 is 0.